The Labute approximate surface area is 200 Å². The fraction of sp³-hybridized carbons (Fsp3) is 0.115. The average Bonchev–Trinajstić information content (AvgIpc) is 3.10. The van der Waals surface area contributed by atoms with E-state index in [1.54, 1.807) is 24.3 Å². The van der Waals surface area contributed by atoms with Crippen molar-refractivity contribution < 1.29 is 29.0 Å². The SMILES string of the molecule is O=C(O)CN1C(=O)SC(=Cc2ccc(OCc3ccccc3)c(OCc3ccccc3)c2)C1=O. The lowest BCUT2D eigenvalue weighted by atomic mass is 10.1. The summed E-state index contributed by atoms with van der Waals surface area (Å²) in [6.07, 6.45) is 1.54. The number of carbonyl (C=O) groups excluding carboxylic acids is 2. The summed E-state index contributed by atoms with van der Waals surface area (Å²) in [4.78, 5) is 36.3. The van der Waals surface area contributed by atoms with Gasteiger partial charge in [0.05, 0.1) is 4.91 Å². The molecule has 1 fully saturated rings. The number of benzene rings is 3. The van der Waals surface area contributed by atoms with Crippen molar-refractivity contribution in [3.8, 4) is 11.5 Å². The highest BCUT2D eigenvalue weighted by molar-refractivity contribution is 8.18. The number of rotatable bonds is 9. The highest BCUT2D eigenvalue weighted by Crippen LogP contribution is 2.35. The molecule has 1 aliphatic heterocycles. The molecule has 0 saturated carbocycles. The fourth-order valence-corrected chi connectivity index (χ4v) is 4.08. The topological polar surface area (TPSA) is 93.1 Å². The molecule has 0 spiro atoms. The van der Waals surface area contributed by atoms with E-state index < -0.39 is 23.7 Å². The molecule has 172 valence electrons. The molecule has 2 amide bonds. The van der Waals surface area contributed by atoms with Crippen LogP contribution in [0.2, 0.25) is 0 Å². The fourth-order valence-electron chi connectivity index (χ4n) is 3.24. The second kappa shape index (κ2) is 10.7. The van der Waals surface area contributed by atoms with E-state index in [1.165, 1.54) is 0 Å². The Morgan fingerprint density at radius 3 is 2.03 bits per heavy atom. The molecule has 0 aliphatic carbocycles. The van der Waals surface area contributed by atoms with Gasteiger partial charge in [-0.05, 0) is 46.7 Å². The Morgan fingerprint density at radius 1 is 0.853 bits per heavy atom. The van der Waals surface area contributed by atoms with Crippen LogP contribution in [0, 0.1) is 0 Å². The normalized spacial score (nSPS) is 14.5. The van der Waals surface area contributed by atoms with Crippen LogP contribution in [0.3, 0.4) is 0 Å². The molecule has 1 saturated heterocycles. The molecule has 3 aromatic carbocycles. The van der Waals surface area contributed by atoms with Gasteiger partial charge in [-0.2, -0.15) is 0 Å². The van der Waals surface area contributed by atoms with Gasteiger partial charge in [0.2, 0.25) is 0 Å². The molecule has 1 aliphatic rings. The monoisotopic (exact) mass is 475 g/mol. The third-order valence-electron chi connectivity index (χ3n) is 4.91. The van der Waals surface area contributed by atoms with Gasteiger partial charge in [-0.3, -0.25) is 19.3 Å². The summed E-state index contributed by atoms with van der Waals surface area (Å²) in [5.74, 6) is -0.858. The van der Waals surface area contributed by atoms with Crippen molar-refractivity contribution in [3.05, 3.63) is 100 Å². The Hall–Kier alpha value is -4.04. The van der Waals surface area contributed by atoms with Crippen molar-refractivity contribution in [3.63, 3.8) is 0 Å². The molecule has 0 bridgehead atoms. The number of carboxylic acid groups (broad SMARTS) is 1. The summed E-state index contributed by atoms with van der Waals surface area (Å²) >= 11 is 0.710. The number of thioether (sulfide) groups is 1. The van der Waals surface area contributed by atoms with Crippen molar-refractivity contribution in [2.75, 3.05) is 6.54 Å². The first kappa shape index (κ1) is 23.1. The minimum absolute atomic E-state index is 0.151. The van der Waals surface area contributed by atoms with Crippen LogP contribution in [0.4, 0.5) is 4.79 Å². The Balaban J connectivity index is 1.57. The predicted octanol–water partition coefficient (Wildman–Crippen LogP) is 4.97. The molecular weight excluding hydrogens is 454 g/mol. The van der Waals surface area contributed by atoms with Gasteiger partial charge in [0.15, 0.2) is 11.5 Å². The van der Waals surface area contributed by atoms with Crippen LogP contribution in [0.15, 0.2) is 83.8 Å². The Kier molecular flexibility index (Phi) is 7.29. The van der Waals surface area contributed by atoms with E-state index in [4.69, 9.17) is 14.6 Å². The molecule has 3 aromatic rings. The van der Waals surface area contributed by atoms with Crippen LogP contribution in [-0.4, -0.2) is 33.7 Å². The van der Waals surface area contributed by atoms with E-state index >= 15 is 0 Å². The molecular formula is C26H21NO6S. The molecule has 0 radical (unpaired) electrons. The molecule has 1 heterocycles. The maximum Gasteiger partial charge on any atom is 0.323 e. The van der Waals surface area contributed by atoms with Gasteiger partial charge in [-0.25, -0.2) is 0 Å². The molecule has 0 atom stereocenters. The quantitative estimate of drug-likeness (QED) is 0.437. The minimum Gasteiger partial charge on any atom is -0.485 e. The van der Waals surface area contributed by atoms with Crippen molar-refractivity contribution in [2.45, 2.75) is 13.2 Å². The third kappa shape index (κ3) is 5.85. The van der Waals surface area contributed by atoms with Crippen LogP contribution in [0.5, 0.6) is 11.5 Å². The number of imide groups is 1. The first-order valence-electron chi connectivity index (χ1n) is 10.4. The summed E-state index contributed by atoms with van der Waals surface area (Å²) in [5, 5.41) is 8.32. The van der Waals surface area contributed by atoms with E-state index in [1.807, 2.05) is 60.7 Å². The van der Waals surface area contributed by atoms with Gasteiger partial charge < -0.3 is 14.6 Å². The number of ether oxygens (including phenoxy) is 2. The van der Waals surface area contributed by atoms with Gasteiger partial charge in [-0.1, -0.05) is 66.7 Å². The first-order chi connectivity index (χ1) is 16.5. The number of hydrogen-bond donors (Lipinski definition) is 1. The second-order valence-electron chi connectivity index (χ2n) is 7.42. The number of aliphatic carboxylic acids is 1. The van der Waals surface area contributed by atoms with Crippen molar-refractivity contribution in [1.82, 2.24) is 4.90 Å². The Morgan fingerprint density at radius 2 is 1.44 bits per heavy atom. The highest BCUT2D eigenvalue weighted by Gasteiger charge is 2.36. The van der Waals surface area contributed by atoms with Gasteiger partial charge in [-0.15, -0.1) is 0 Å². The molecule has 7 nitrogen and oxygen atoms in total. The average molecular weight is 476 g/mol. The first-order valence-corrected chi connectivity index (χ1v) is 11.3. The number of amides is 2. The van der Waals surface area contributed by atoms with Crippen LogP contribution in [0.25, 0.3) is 6.08 Å². The minimum atomic E-state index is -1.25. The summed E-state index contributed by atoms with van der Waals surface area (Å²) in [6, 6.07) is 24.6. The summed E-state index contributed by atoms with van der Waals surface area (Å²) < 4.78 is 12.0. The third-order valence-corrected chi connectivity index (χ3v) is 5.81. The van der Waals surface area contributed by atoms with Crippen LogP contribution in [-0.2, 0) is 22.8 Å². The van der Waals surface area contributed by atoms with Gasteiger partial charge in [0, 0.05) is 0 Å². The standard InChI is InChI=1S/C26H21NO6S/c28-24(29)15-27-25(30)23(34-26(27)31)14-20-11-12-21(32-16-18-7-3-1-4-8-18)22(13-20)33-17-19-9-5-2-6-10-19/h1-14H,15-17H2,(H,28,29). The smallest absolute Gasteiger partial charge is 0.323 e. The van der Waals surface area contributed by atoms with Crippen LogP contribution >= 0.6 is 11.8 Å². The predicted molar refractivity (Wildman–Crippen MR) is 128 cm³/mol. The zero-order valence-electron chi connectivity index (χ0n) is 18.0. The van der Waals surface area contributed by atoms with Gasteiger partial charge in [0.25, 0.3) is 11.1 Å². The molecule has 34 heavy (non-hydrogen) atoms. The maximum atomic E-state index is 12.5. The summed E-state index contributed by atoms with van der Waals surface area (Å²) in [7, 11) is 0. The van der Waals surface area contributed by atoms with Crippen molar-refractivity contribution in [2.24, 2.45) is 0 Å². The highest BCUT2D eigenvalue weighted by atomic mass is 32.2. The summed E-state index contributed by atoms with van der Waals surface area (Å²) in [5.41, 5.74) is 2.61. The van der Waals surface area contributed by atoms with Gasteiger partial charge in [0.1, 0.15) is 19.8 Å². The maximum absolute atomic E-state index is 12.5. The number of hydrogen-bond acceptors (Lipinski definition) is 6. The van der Waals surface area contributed by atoms with E-state index in [0.29, 0.717) is 46.9 Å². The van der Waals surface area contributed by atoms with E-state index in [9.17, 15) is 14.4 Å². The van der Waals surface area contributed by atoms with Crippen LogP contribution in [0.1, 0.15) is 16.7 Å². The second-order valence-corrected chi connectivity index (χ2v) is 8.41. The van der Waals surface area contributed by atoms with Crippen LogP contribution < -0.4 is 9.47 Å². The lowest BCUT2D eigenvalue weighted by molar-refractivity contribution is -0.140. The number of carboxylic acids is 1. The van der Waals surface area contributed by atoms with E-state index in [-0.39, 0.29) is 4.91 Å². The van der Waals surface area contributed by atoms with E-state index in [2.05, 4.69) is 0 Å². The van der Waals surface area contributed by atoms with E-state index in [0.717, 1.165) is 11.1 Å². The Bertz CT molecular complexity index is 1230. The van der Waals surface area contributed by atoms with Crippen molar-refractivity contribution >= 4 is 35.0 Å². The molecule has 0 aromatic heterocycles. The van der Waals surface area contributed by atoms with Crippen molar-refractivity contribution in [1.29, 1.82) is 0 Å². The molecule has 8 heteroatoms. The number of nitrogens with zero attached hydrogens (tertiary/aromatic N) is 1. The number of carbonyl (C=O) groups is 3. The zero-order chi connectivity index (χ0) is 23.9. The molecule has 1 N–H and O–H groups in total. The lowest BCUT2D eigenvalue weighted by Crippen LogP contribution is -2.33. The van der Waals surface area contributed by atoms with Gasteiger partial charge >= 0.3 is 5.97 Å². The molecule has 4 rings (SSSR count). The lowest BCUT2D eigenvalue weighted by Gasteiger charge is -2.14. The zero-order valence-corrected chi connectivity index (χ0v) is 18.9. The largest absolute Gasteiger partial charge is 0.485 e. The summed E-state index contributed by atoms with van der Waals surface area (Å²) in [6.45, 7) is 0.0107. The molecule has 0 unspecified atom stereocenters.